The van der Waals surface area contributed by atoms with Crippen LogP contribution < -0.4 is 5.32 Å². The van der Waals surface area contributed by atoms with Crippen molar-refractivity contribution in [1.29, 1.82) is 0 Å². The molecule has 5 heteroatoms. The van der Waals surface area contributed by atoms with E-state index in [2.05, 4.69) is 21.2 Å². The first kappa shape index (κ1) is 14.9. The molecule has 3 nitrogen and oxygen atoms in total. The minimum absolute atomic E-state index is 0.110. The van der Waals surface area contributed by atoms with Crippen LogP contribution in [0.15, 0.2) is 28.7 Å². The molecule has 0 fully saturated rings. The fourth-order valence-corrected chi connectivity index (χ4v) is 1.71. The second-order valence-corrected chi connectivity index (χ2v) is 4.71. The highest BCUT2D eigenvalue weighted by Crippen LogP contribution is 2.16. The number of carbonyl (C=O) groups is 1. The van der Waals surface area contributed by atoms with Crippen molar-refractivity contribution in [1.82, 2.24) is 5.32 Å². The van der Waals surface area contributed by atoms with Crippen LogP contribution in [-0.2, 0) is 4.79 Å². The smallest absolute Gasteiger partial charge is 0.244 e. The summed E-state index contributed by atoms with van der Waals surface area (Å²) >= 11 is 3.23. The molecule has 0 aliphatic carbocycles. The largest absolute Gasteiger partial charge is 0.394 e. The molecule has 1 atom stereocenters. The Morgan fingerprint density at radius 3 is 2.94 bits per heavy atom. The number of hydrogen-bond acceptors (Lipinski definition) is 2. The van der Waals surface area contributed by atoms with E-state index in [1.54, 1.807) is 12.1 Å². The molecule has 0 saturated heterocycles. The van der Waals surface area contributed by atoms with E-state index in [1.807, 2.05) is 6.92 Å². The molecule has 1 amide bonds. The fourth-order valence-electron chi connectivity index (χ4n) is 1.33. The molecule has 0 spiro atoms. The highest BCUT2D eigenvalue weighted by molar-refractivity contribution is 9.10. The van der Waals surface area contributed by atoms with Crippen molar-refractivity contribution in [2.24, 2.45) is 0 Å². The highest BCUT2D eigenvalue weighted by atomic mass is 79.9. The monoisotopic (exact) mass is 315 g/mol. The molecule has 1 aromatic carbocycles. The first-order valence-corrected chi connectivity index (χ1v) is 6.40. The molecule has 0 radical (unpaired) electrons. The van der Waals surface area contributed by atoms with Gasteiger partial charge in [0, 0.05) is 16.1 Å². The summed E-state index contributed by atoms with van der Waals surface area (Å²) in [5, 5.41) is 11.5. The third-order valence-electron chi connectivity index (χ3n) is 2.43. The molecule has 0 saturated carbocycles. The minimum atomic E-state index is -0.392. The van der Waals surface area contributed by atoms with Crippen LogP contribution in [0, 0.1) is 5.82 Å². The first-order valence-electron chi connectivity index (χ1n) is 5.61. The third-order valence-corrected chi connectivity index (χ3v) is 2.93. The summed E-state index contributed by atoms with van der Waals surface area (Å²) in [4.78, 5) is 11.5. The zero-order valence-electron chi connectivity index (χ0n) is 9.99. The van der Waals surface area contributed by atoms with E-state index >= 15 is 0 Å². The Bertz CT molecular complexity index is 445. The van der Waals surface area contributed by atoms with Crippen LogP contribution in [-0.4, -0.2) is 23.7 Å². The van der Waals surface area contributed by atoms with Gasteiger partial charge < -0.3 is 10.4 Å². The van der Waals surface area contributed by atoms with E-state index in [4.69, 9.17) is 5.11 Å². The van der Waals surface area contributed by atoms with Gasteiger partial charge in [-0.3, -0.25) is 4.79 Å². The van der Waals surface area contributed by atoms with Crippen molar-refractivity contribution in [3.05, 3.63) is 40.1 Å². The standard InChI is InChI=1S/C13H15BrFNO2/c1-2-11(8-17)16-13(18)6-3-9-7-10(14)4-5-12(9)15/h3-7,11,17H,2,8H2,1H3,(H,16,18)/b6-3+/t11-/m1/s1. The SMILES string of the molecule is CC[C@H](CO)NC(=O)/C=C/c1cc(Br)ccc1F. The summed E-state index contributed by atoms with van der Waals surface area (Å²) in [5.74, 6) is -0.744. The molecule has 98 valence electrons. The lowest BCUT2D eigenvalue weighted by Gasteiger charge is -2.11. The molecule has 1 rings (SSSR count). The lowest BCUT2D eigenvalue weighted by molar-refractivity contribution is -0.117. The molecule has 0 aliphatic rings. The van der Waals surface area contributed by atoms with Crippen molar-refractivity contribution >= 4 is 27.9 Å². The zero-order chi connectivity index (χ0) is 13.5. The van der Waals surface area contributed by atoms with Gasteiger partial charge in [0.1, 0.15) is 5.82 Å². The van der Waals surface area contributed by atoms with E-state index in [-0.39, 0.29) is 18.6 Å². The number of aliphatic hydroxyl groups is 1. The van der Waals surface area contributed by atoms with Gasteiger partial charge in [0.15, 0.2) is 0 Å². The van der Waals surface area contributed by atoms with Crippen LogP contribution in [0.2, 0.25) is 0 Å². The lowest BCUT2D eigenvalue weighted by atomic mass is 10.2. The summed E-state index contributed by atoms with van der Waals surface area (Å²) in [6.07, 6.45) is 3.30. The number of amides is 1. The van der Waals surface area contributed by atoms with E-state index in [1.165, 1.54) is 18.2 Å². The number of carbonyl (C=O) groups excluding carboxylic acids is 1. The quantitative estimate of drug-likeness (QED) is 0.820. The molecule has 18 heavy (non-hydrogen) atoms. The Labute approximate surface area is 114 Å². The average Bonchev–Trinajstić information content (AvgIpc) is 2.37. The maximum absolute atomic E-state index is 13.4. The molecule has 0 bridgehead atoms. The summed E-state index contributed by atoms with van der Waals surface area (Å²) < 4.78 is 14.1. The topological polar surface area (TPSA) is 49.3 Å². The molecule has 0 aromatic heterocycles. The normalized spacial score (nSPS) is 12.7. The third kappa shape index (κ3) is 4.58. The Hall–Kier alpha value is -1.20. The molecule has 0 heterocycles. The molecule has 0 aliphatic heterocycles. The number of halogens is 2. The Morgan fingerprint density at radius 1 is 1.61 bits per heavy atom. The van der Waals surface area contributed by atoms with Gasteiger partial charge in [-0.1, -0.05) is 22.9 Å². The summed E-state index contributed by atoms with van der Waals surface area (Å²) in [6.45, 7) is 1.75. The maximum atomic E-state index is 13.4. The van der Waals surface area contributed by atoms with Crippen LogP contribution in [0.5, 0.6) is 0 Å². The van der Waals surface area contributed by atoms with Gasteiger partial charge >= 0.3 is 0 Å². The van der Waals surface area contributed by atoms with Crippen molar-refractivity contribution < 1.29 is 14.3 Å². The average molecular weight is 316 g/mol. The highest BCUT2D eigenvalue weighted by Gasteiger charge is 2.06. The number of rotatable bonds is 5. The second-order valence-electron chi connectivity index (χ2n) is 3.80. The van der Waals surface area contributed by atoms with Gasteiger partial charge in [0.2, 0.25) is 5.91 Å². The van der Waals surface area contributed by atoms with Gasteiger partial charge in [-0.15, -0.1) is 0 Å². The minimum Gasteiger partial charge on any atom is -0.394 e. The van der Waals surface area contributed by atoms with Crippen LogP contribution in [0.25, 0.3) is 6.08 Å². The first-order chi connectivity index (χ1) is 8.56. The number of nitrogens with one attached hydrogen (secondary N) is 1. The van der Waals surface area contributed by atoms with Crippen molar-refractivity contribution in [3.8, 4) is 0 Å². The van der Waals surface area contributed by atoms with Crippen LogP contribution in [0.4, 0.5) is 4.39 Å². The van der Waals surface area contributed by atoms with Crippen molar-refractivity contribution in [2.45, 2.75) is 19.4 Å². The summed E-state index contributed by atoms with van der Waals surface area (Å²) in [6, 6.07) is 4.23. The van der Waals surface area contributed by atoms with Crippen LogP contribution in [0.1, 0.15) is 18.9 Å². The number of aliphatic hydroxyl groups excluding tert-OH is 1. The molecule has 2 N–H and O–H groups in total. The van der Waals surface area contributed by atoms with Gasteiger partial charge in [-0.25, -0.2) is 4.39 Å². The molecule has 1 aromatic rings. The van der Waals surface area contributed by atoms with Gasteiger partial charge in [-0.2, -0.15) is 0 Å². The predicted molar refractivity (Wildman–Crippen MR) is 72.4 cm³/mol. The van der Waals surface area contributed by atoms with E-state index in [0.29, 0.717) is 12.0 Å². The number of hydrogen-bond donors (Lipinski definition) is 2. The second kappa shape index (κ2) is 7.28. The fraction of sp³-hybridized carbons (Fsp3) is 0.308. The predicted octanol–water partition coefficient (Wildman–Crippen LogP) is 2.49. The zero-order valence-corrected chi connectivity index (χ0v) is 11.6. The van der Waals surface area contributed by atoms with Gasteiger partial charge in [0.25, 0.3) is 0 Å². The van der Waals surface area contributed by atoms with E-state index in [9.17, 15) is 9.18 Å². The van der Waals surface area contributed by atoms with Crippen molar-refractivity contribution in [3.63, 3.8) is 0 Å². The van der Waals surface area contributed by atoms with Crippen molar-refractivity contribution in [2.75, 3.05) is 6.61 Å². The lowest BCUT2D eigenvalue weighted by Crippen LogP contribution is -2.35. The van der Waals surface area contributed by atoms with Gasteiger partial charge in [0.05, 0.1) is 12.6 Å². The van der Waals surface area contributed by atoms with Crippen LogP contribution >= 0.6 is 15.9 Å². The van der Waals surface area contributed by atoms with Gasteiger partial charge in [-0.05, 0) is 30.7 Å². The molecule has 0 unspecified atom stereocenters. The summed E-state index contributed by atoms with van der Waals surface area (Å²) in [7, 11) is 0. The Balaban J connectivity index is 2.68. The van der Waals surface area contributed by atoms with E-state index < -0.39 is 5.82 Å². The molecular weight excluding hydrogens is 301 g/mol. The summed E-state index contributed by atoms with van der Waals surface area (Å²) in [5.41, 5.74) is 0.330. The van der Waals surface area contributed by atoms with Crippen LogP contribution in [0.3, 0.4) is 0 Å². The van der Waals surface area contributed by atoms with E-state index in [0.717, 1.165) is 4.47 Å². The number of benzene rings is 1. The molecular formula is C13H15BrFNO2. The maximum Gasteiger partial charge on any atom is 0.244 e. The Morgan fingerprint density at radius 2 is 2.33 bits per heavy atom. The Kier molecular flexibility index (Phi) is 6.01.